The van der Waals surface area contributed by atoms with Gasteiger partial charge in [-0.15, -0.1) is 0 Å². The van der Waals surface area contributed by atoms with Crippen molar-refractivity contribution in [1.29, 1.82) is 0 Å². The molecule has 1 heterocycles. The topological polar surface area (TPSA) is 93.7 Å². The molecule has 2 aromatic carbocycles. The summed E-state index contributed by atoms with van der Waals surface area (Å²) in [4.78, 5) is 11.9. The van der Waals surface area contributed by atoms with Crippen LogP contribution in [0.5, 0.6) is 11.5 Å². The number of hydrogen-bond donors (Lipinski definition) is 2. The van der Waals surface area contributed by atoms with E-state index in [0.29, 0.717) is 30.4 Å². The Hall–Kier alpha value is -2.36. The predicted molar refractivity (Wildman–Crippen MR) is 97.3 cm³/mol. The van der Waals surface area contributed by atoms with E-state index >= 15 is 0 Å². The second kappa shape index (κ2) is 8.12. The molecule has 144 valence electrons. The van der Waals surface area contributed by atoms with Gasteiger partial charge in [0.15, 0.2) is 11.5 Å². The third-order valence-electron chi connectivity index (χ3n) is 3.67. The number of amides is 1. The van der Waals surface area contributed by atoms with Crippen LogP contribution in [0, 0.1) is 5.82 Å². The average molecular weight is 415 g/mol. The zero-order chi connectivity index (χ0) is 19.4. The van der Waals surface area contributed by atoms with E-state index in [1.807, 2.05) is 0 Å². The van der Waals surface area contributed by atoms with Crippen LogP contribution in [-0.2, 0) is 14.8 Å². The Balaban J connectivity index is 1.55. The fraction of sp³-hybridized carbons (Fsp3) is 0.235. The normalized spacial score (nSPS) is 13.3. The Labute approximate surface area is 160 Å². The van der Waals surface area contributed by atoms with E-state index in [-0.39, 0.29) is 22.9 Å². The Morgan fingerprint density at radius 3 is 2.59 bits per heavy atom. The van der Waals surface area contributed by atoms with Crippen molar-refractivity contribution in [2.24, 2.45) is 0 Å². The monoisotopic (exact) mass is 414 g/mol. The molecule has 7 nitrogen and oxygen atoms in total. The van der Waals surface area contributed by atoms with E-state index in [1.54, 1.807) is 0 Å². The molecule has 2 aromatic rings. The molecule has 1 aliphatic rings. The first kappa shape index (κ1) is 19.4. The summed E-state index contributed by atoms with van der Waals surface area (Å²) in [5, 5.41) is 2.40. The first-order chi connectivity index (χ1) is 12.8. The third kappa shape index (κ3) is 4.88. The molecular formula is C17H16ClFN2O5S. The van der Waals surface area contributed by atoms with Crippen LogP contribution >= 0.6 is 11.6 Å². The van der Waals surface area contributed by atoms with E-state index in [1.165, 1.54) is 30.3 Å². The molecule has 0 aromatic heterocycles. The second-order valence-corrected chi connectivity index (χ2v) is 7.80. The predicted octanol–water partition coefficient (Wildman–Crippen LogP) is 2.56. The molecule has 0 spiro atoms. The largest absolute Gasteiger partial charge is 0.486 e. The molecule has 1 amide bonds. The minimum absolute atomic E-state index is 0.0116. The lowest BCUT2D eigenvalue weighted by molar-refractivity contribution is -0.116. The van der Waals surface area contributed by atoms with Crippen LogP contribution in [0.3, 0.4) is 0 Å². The zero-order valence-corrected chi connectivity index (χ0v) is 15.6. The van der Waals surface area contributed by atoms with Gasteiger partial charge in [0.25, 0.3) is 0 Å². The lowest BCUT2D eigenvalue weighted by Crippen LogP contribution is -2.28. The van der Waals surface area contributed by atoms with Gasteiger partial charge in [-0.05, 0) is 30.3 Å². The van der Waals surface area contributed by atoms with Crippen LogP contribution in [0.2, 0.25) is 5.02 Å². The van der Waals surface area contributed by atoms with Gasteiger partial charge in [-0.2, -0.15) is 0 Å². The molecule has 3 rings (SSSR count). The van der Waals surface area contributed by atoms with Gasteiger partial charge < -0.3 is 14.8 Å². The number of ether oxygens (including phenoxy) is 2. The summed E-state index contributed by atoms with van der Waals surface area (Å²) in [7, 11) is -3.81. The Bertz CT molecular complexity index is 968. The van der Waals surface area contributed by atoms with E-state index < -0.39 is 21.7 Å². The minimum atomic E-state index is -3.81. The molecule has 0 atom stereocenters. The number of hydrogen-bond acceptors (Lipinski definition) is 5. The van der Waals surface area contributed by atoms with Gasteiger partial charge in [-0.25, -0.2) is 17.5 Å². The number of halogens is 2. The van der Waals surface area contributed by atoms with Crippen LogP contribution < -0.4 is 19.5 Å². The van der Waals surface area contributed by atoms with Gasteiger partial charge in [-0.1, -0.05) is 11.6 Å². The van der Waals surface area contributed by atoms with Crippen LogP contribution in [0.4, 0.5) is 10.1 Å². The lowest BCUT2D eigenvalue weighted by Gasteiger charge is -2.18. The summed E-state index contributed by atoms with van der Waals surface area (Å²) in [5.74, 6) is -0.197. The fourth-order valence-electron chi connectivity index (χ4n) is 2.37. The summed E-state index contributed by atoms with van der Waals surface area (Å²) >= 11 is 5.64. The molecule has 1 aliphatic heterocycles. The zero-order valence-electron chi connectivity index (χ0n) is 14.0. The summed E-state index contributed by atoms with van der Waals surface area (Å²) < 4.78 is 50.8. The van der Waals surface area contributed by atoms with Gasteiger partial charge in [0.2, 0.25) is 15.9 Å². The van der Waals surface area contributed by atoms with Gasteiger partial charge >= 0.3 is 0 Å². The highest BCUT2D eigenvalue weighted by molar-refractivity contribution is 7.89. The molecule has 0 radical (unpaired) electrons. The highest BCUT2D eigenvalue weighted by atomic mass is 35.5. The lowest BCUT2D eigenvalue weighted by atomic mass is 10.3. The Morgan fingerprint density at radius 1 is 1.11 bits per heavy atom. The maximum Gasteiger partial charge on any atom is 0.240 e. The van der Waals surface area contributed by atoms with Gasteiger partial charge in [0, 0.05) is 24.7 Å². The van der Waals surface area contributed by atoms with Crippen molar-refractivity contribution in [2.75, 3.05) is 25.1 Å². The maximum atomic E-state index is 13.1. The van der Waals surface area contributed by atoms with Crippen LogP contribution in [0.15, 0.2) is 41.3 Å². The quantitative estimate of drug-likeness (QED) is 0.757. The van der Waals surface area contributed by atoms with Crippen LogP contribution in [-0.4, -0.2) is 34.1 Å². The van der Waals surface area contributed by atoms with Crippen molar-refractivity contribution in [3.63, 3.8) is 0 Å². The highest BCUT2D eigenvalue weighted by Crippen LogP contribution is 2.32. The molecule has 0 saturated carbocycles. The molecule has 0 unspecified atom stereocenters. The van der Waals surface area contributed by atoms with E-state index in [4.69, 9.17) is 21.1 Å². The number of nitrogens with one attached hydrogen (secondary N) is 2. The standard InChI is InChI=1S/C17H16ClFN2O5S/c18-13-9-11(1-3-14(13)19)21-17(22)5-6-20-27(23,24)12-2-4-15-16(10-12)26-8-7-25-15/h1-4,9-10,20H,5-8H2,(H,21,22). The smallest absolute Gasteiger partial charge is 0.240 e. The van der Waals surface area contributed by atoms with Gasteiger partial charge in [0.1, 0.15) is 19.0 Å². The Morgan fingerprint density at radius 2 is 1.85 bits per heavy atom. The first-order valence-electron chi connectivity index (χ1n) is 7.99. The number of fused-ring (bicyclic) bond motifs is 1. The maximum absolute atomic E-state index is 13.1. The van der Waals surface area contributed by atoms with Gasteiger partial charge in [0.05, 0.1) is 9.92 Å². The second-order valence-electron chi connectivity index (χ2n) is 5.63. The average Bonchev–Trinajstić information content (AvgIpc) is 2.64. The van der Waals surface area contributed by atoms with Crippen molar-refractivity contribution in [2.45, 2.75) is 11.3 Å². The van der Waals surface area contributed by atoms with E-state index in [9.17, 15) is 17.6 Å². The van der Waals surface area contributed by atoms with Gasteiger partial charge in [-0.3, -0.25) is 4.79 Å². The number of carbonyl (C=O) groups excluding carboxylic acids is 1. The number of rotatable bonds is 6. The fourth-order valence-corrected chi connectivity index (χ4v) is 3.60. The van der Waals surface area contributed by atoms with Crippen molar-refractivity contribution < 1.29 is 27.1 Å². The summed E-state index contributed by atoms with van der Waals surface area (Å²) in [6.07, 6.45) is -0.112. The summed E-state index contributed by atoms with van der Waals surface area (Å²) in [6.45, 7) is 0.640. The number of benzene rings is 2. The number of carbonyl (C=O) groups is 1. The molecule has 0 bridgehead atoms. The Kier molecular flexibility index (Phi) is 5.83. The third-order valence-corrected chi connectivity index (χ3v) is 5.42. The minimum Gasteiger partial charge on any atom is -0.486 e. The first-order valence-corrected chi connectivity index (χ1v) is 9.85. The van der Waals surface area contributed by atoms with Crippen LogP contribution in [0.1, 0.15) is 6.42 Å². The summed E-state index contributed by atoms with van der Waals surface area (Å²) in [5.41, 5.74) is 0.320. The van der Waals surface area contributed by atoms with E-state index in [0.717, 1.165) is 6.07 Å². The molecule has 0 fully saturated rings. The molecule has 0 aliphatic carbocycles. The summed E-state index contributed by atoms with van der Waals surface area (Å²) in [6, 6.07) is 8.05. The van der Waals surface area contributed by atoms with Crippen LogP contribution in [0.25, 0.3) is 0 Å². The molecule has 2 N–H and O–H groups in total. The highest BCUT2D eigenvalue weighted by Gasteiger charge is 2.19. The molecule has 27 heavy (non-hydrogen) atoms. The molecule has 10 heteroatoms. The van der Waals surface area contributed by atoms with Crippen molar-refractivity contribution in [3.05, 3.63) is 47.2 Å². The number of anilines is 1. The molecule has 0 saturated heterocycles. The van der Waals surface area contributed by atoms with Crippen molar-refractivity contribution in [3.8, 4) is 11.5 Å². The molecular weight excluding hydrogens is 399 g/mol. The van der Waals surface area contributed by atoms with Crippen molar-refractivity contribution >= 4 is 33.2 Å². The SMILES string of the molecule is O=C(CCNS(=O)(=O)c1ccc2c(c1)OCCO2)Nc1ccc(F)c(Cl)c1. The van der Waals surface area contributed by atoms with Crippen molar-refractivity contribution in [1.82, 2.24) is 4.72 Å². The number of sulfonamides is 1. The van der Waals surface area contributed by atoms with E-state index in [2.05, 4.69) is 10.0 Å².